The van der Waals surface area contributed by atoms with Gasteiger partial charge in [-0.2, -0.15) is 0 Å². The number of fused-ring (bicyclic) bond motifs is 1. The molecule has 35 heavy (non-hydrogen) atoms. The van der Waals surface area contributed by atoms with E-state index in [1.807, 2.05) is 42.5 Å². The lowest BCUT2D eigenvalue weighted by Crippen LogP contribution is -2.42. The summed E-state index contributed by atoms with van der Waals surface area (Å²) in [6.07, 6.45) is 1.18. The number of aryl methyl sites for hydroxylation is 1. The van der Waals surface area contributed by atoms with E-state index < -0.39 is 0 Å². The summed E-state index contributed by atoms with van der Waals surface area (Å²) in [6, 6.07) is 20.0. The minimum absolute atomic E-state index is 0.0588. The highest BCUT2D eigenvalue weighted by Gasteiger charge is 2.28. The lowest BCUT2D eigenvalue weighted by Gasteiger charge is -2.31. The summed E-state index contributed by atoms with van der Waals surface area (Å²) in [7, 11) is 0. The van der Waals surface area contributed by atoms with Gasteiger partial charge >= 0.3 is 0 Å². The molecule has 0 saturated carbocycles. The Labute approximate surface area is 202 Å². The first-order valence-electron chi connectivity index (χ1n) is 11.8. The molecule has 1 saturated heterocycles. The SMILES string of the molecule is Cc1ccc(CNC(=O)C2CCN(C(=O)c3ccc4noc(-c5ccccc5)c4c3)CC2)cc1F. The molecular weight excluding hydrogens is 445 g/mol. The Balaban J connectivity index is 1.21. The number of amides is 2. The van der Waals surface area contributed by atoms with Crippen LogP contribution in [0.25, 0.3) is 22.2 Å². The number of benzene rings is 3. The Morgan fingerprint density at radius 3 is 2.57 bits per heavy atom. The van der Waals surface area contributed by atoms with Crippen LogP contribution in [0, 0.1) is 18.7 Å². The van der Waals surface area contributed by atoms with E-state index in [9.17, 15) is 14.0 Å². The number of piperidine rings is 1. The average Bonchev–Trinajstić information content (AvgIpc) is 3.33. The van der Waals surface area contributed by atoms with Crippen molar-refractivity contribution in [2.24, 2.45) is 5.92 Å². The summed E-state index contributed by atoms with van der Waals surface area (Å²) in [5.41, 5.74) is 3.48. The minimum atomic E-state index is -0.274. The van der Waals surface area contributed by atoms with Crippen LogP contribution < -0.4 is 5.32 Å². The van der Waals surface area contributed by atoms with E-state index in [-0.39, 0.29) is 30.1 Å². The molecule has 178 valence electrons. The van der Waals surface area contributed by atoms with E-state index in [2.05, 4.69) is 10.5 Å². The molecule has 1 aromatic heterocycles. The normalized spacial score (nSPS) is 14.3. The molecule has 0 aliphatic carbocycles. The molecule has 0 unspecified atom stereocenters. The predicted octanol–water partition coefficient (Wildman–Crippen LogP) is 5.11. The first-order valence-corrected chi connectivity index (χ1v) is 11.8. The number of carbonyl (C=O) groups is 2. The van der Waals surface area contributed by atoms with Gasteiger partial charge in [0.2, 0.25) is 5.91 Å². The summed E-state index contributed by atoms with van der Waals surface area (Å²) in [5.74, 6) is 0.0695. The molecule has 5 rings (SSSR count). The third kappa shape index (κ3) is 4.80. The second-order valence-corrected chi connectivity index (χ2v) is 8.98. The minimum Gasteiger partial charge on any atom is -0.355 e. The fourth-order valence-electron chi connectivity index (χ4n) is 4.48. The molecule has 0 spiro atoms. The first kappa shape index (κ1) is 22.8. The monoisotopic (exact) mass is 471 g/mol. The zero-order valence-corrected chi connectivity index (χ0v) is 19.5. The van der Waals surface area contributed by atoms with Crippen LogP contribution in [-0.2, 0) is 11.3 Å². The molecule has 1 aliphatic heterocycles. The molecular formula is C28H26FN3O3. The molecule has 4 aromatic rings. The third-order valence-electron chi connectivity index (χ3n) is 6.62. The highest BCUT2D eigenvalue weighted by Crippen LogP contribution is 2.30. The van der Waals surface area contributed by atoms with Crippen molar-refractivity contribution in [3.8, 4) is 11.3 Å². The summed E-state index contributed by atoms with van der Waals surface area (Å²) in [6.45, 7) is 3.00. The summed E-state index contributed by atoms with van der Waals surface area (Å²) >= 11 is 0. The second-order valence-electron chi connectivity index (χ2n) is 8.98. The van der Waals surface area contributed by atoms with E-state index in [4.69, 9.17) is 4.52 Å². The number of nitrogens with one attached hydrogen (secondary N) is 1. The quantitative estimate of drug-likeness (QED) is 0.439. The highest BCUT2D eigenvalue weighted by atomic mass is 19.1. The predicted molar refractivity (Wildman–Crippen MR) is 131 cm³/mol. The van der Waals surface area contributed by atoms with Gasteiger partial charge in [-0.1, -0.05) is 47.6 Å². The standard InChI is InChI=1S/C28H26FN3O3/c1-18-7-8-19(15-24(18)29)17-30-27(33)21-11-13-32(14-12-21)28(34)22-9-10-25-23(16-22)26(35-31-25)20-5-3-2-4-6-20/h2-10,15-16,21H,11-14,17H2,1H3,(H,30,33). The third-order valence-corrected chi connectivity index (χ3v) is 6.62. The lowest BCUT2D eigenvalue weighted by molar-refractivity contribution is -0.126. The smallest absolute Gasteiger partial charge is 0.253 e. The molecule has 1 fully saturated rings. The Morgan fingerprint density at radius 1 is 1.06 bits per heavy atom. The van der Waals surface area contributed by atoms with Gasteiger partial charge in [-0.15, -0.1) is 0 Å². The van der Waals surface area contributed by atoms with Crippen molar-refractivity contribution in [3.05, 3.63) is 89.2 Å². The van der Waals surface area contributed by atoms with Crippen LogP contribution in [0.3, 0.4) is 0 Å². The van der Waals surface area contributed by atoms with Crippen molar-refractivity contribution >= 4 is 22.7 Å². The van der Waals surface area contributed by atoms with Crippen molar-refractivity contribution in [1.29, 1.82) is 0 Å². The van der Waals surface area contributed by atoms with E-state index >= 15 is 0 Å². The van der Waals surface area contributed by atoms with Crippen LogP contribution >= 0.6 is 0 Å². The van der Waals surface area contributed by atoms with Crippen LogP contribution in [0.1, 0.15) is 34.3 Å². The molecule has 3 aromatic carbocycles. The van der Waals surface area contributed by atoms with Crippen LogP contribution in [0.5, 0.6) is 0 Å². The van der Waals surface area contributed by atoms with Crippen LogP contribution in [0.4, 0.5) is 4.39 Å². The van der Waals surface area contributed by atoms with E-state index in [1.54, 1.807) is 30.0 Å². The van der Waals surface area contributed by atoms with E-state index in [1.165, 1.54) is 6.07 Å². The number of carbonyl (C=O) groups excluding carboxylic acids is 2. The lowest BCUT2D eigenvalue weighted by atomic mass is 9.95. The van der Waals surface area contributed by atoms with Gasteiger partial charge in [0.15, 0.2) is 5.76 Å². The molecule has 1 aliphatic rings. The molecule has 7 heteroatoms. The second kappa shape index (κ2) is 9.70. The highest BCUT2D eigenvalue weighted by molar-refractivity contribution is 6.01. The van der Waals surface area contributed by atoms with Gasteiger partial charge < -0.3 is 14.7 Å². The number of likely N-dealkylation sites (tertiary alicyclic amines) is 1. The fourth-order valence-corrected chi connectivity index (χ4v) is 4.48. The largest absolute Gasteiger partial charge is 0.355 e. The Hall–Kier alpha value is -4.00. The Kier molecular flexibility index (Phi) is 6.31. The van der Waals surface area contributed by atoms with Gasteiger partial charge in [0.05, 0.1) is 5.39 Å². The molecule has 0 atom stereocenters. The van der Waals surface area contributed by atoms with Gasteiger partial charge in [-0.25, -0.2) is 4.39 Å². The first-order chi connectivity index (χ1) is 17.0. The van der Waals surface area contributed by atoms with Gasteiger partial charge in [0.1, 0.15) is 11.3 Å². The summed E-state index contributed by atoms with van der Waals surface area (Å²) in [5, 5.41) is 7.82. The molecule has 0 bridgehead atoms. The van der Waals surface area contributed by atoms with Gasteiger partial charge in [-0.05, 0) is 55.2 Å². The molecule has 2 amide bonds. The number of halogens is 1. The Morgan fingerprint density at radius 2 is 1.83 bits per heavy atom. The summed E-state index contributed by atoms with van der Waals surface area (Å²) < 4.78 is 19.3. The van der Waals surface area contributed by atoms with Gasteiger partial charge in [0.25, 0.3) is 5.91 Å². The average molecular weight is 472 g/mol. The molecule has 1 N–H and O–H groups in total. The molecule has 0 radical (unpaired) electrons. The molecule has 6 nitrogen and oxygen atoms in total. The zero-order chi connectivity index (χ0) is 24.4. The fraction of sp³-hybridized carbons (Fsp3) is 0.250. The van der Waals surface area contributed by atoms with E-state index in [0.717, 1.165) is 16.5 Å². The van der Waals surface area contributed by atoms with Crippen molar-refractivity contribution in [1.82, 2.24) is 15.4 Å². The van der Waals surface area contributed by atoms with Crippen LogP contribution in [0.2, 0.25) is 0 Å². The summed E-state index contributed by atoms with van der Waals surface area (Å²) in [4.78, 5) is 27.6. The van der Waals surface area contributed by atoms with Crippen molar-refractivity contribution in [2.45, 2.75) is 26.3 Å². The number of hydrogen-bond acceptors (Lipinski definition) is 4. The number of aromatic nitrogens is 1. The van der Waals surface area contributed by atoms with Crippen molar-refractivity contribution < 1.29 is 18.5 Å². The zero-order valence-electron chi connectivity index (χ0n) is 19.5. The van der Waals surface area contributed by atoms with Gasteiger partial charge in [0, 0.05) is 36.7 Å². The Bertz CT molecular complexity index is 1370. The molecule has 2 heterocycles. The van der Waals surface area contributed by atoms with Crippen LogP contribution in [-0.4, -0.2) is 35.0 Å². The number of rotatable bonds is 5. The topological polar surface area (TPSA) is 75.4 Å². The maximum atomic E-state index is 13.7. The van der Waals surface area contributed by atoms with E-state index in [0.29, 0.717) is 48.3 Å². The number of hydrogen-bond donors (Lipinski definition) is 1. The van der Waals surface area contributed by atoms with Gasteiger partial charge in [-0.3, -0.25) is 9.59 Å². The van der Waals surface area contributed by atoms with Crippen LogP contribution in [0.15, 0.2) is 71.3 Å². The van der Waals surface area contributed by atoms with Crippen molar-refractivity contribution in [3.63, 3.8) is 0 Å². The maximum Gasteiger partial charge on any atom is 0.253 e. The maximum absolute atomic E-state index is 13.7. The number of nitrogens with zero attached hydrogens (tertiary/aromatic N) is 2. The van der Waals surface area contributed by atoms with Crippen molar-refractivity contribution in [2.75, 3.05) is 13.1 Å².